The van der Waals surface area contributed by atoms with Crippen molar-refractivity contribution < 1.29 is 0 Å². The third-order valence-corrected chi connectivity index (χ3v) is 3.49. The Bertz CT molecular complexity index is 484. The lowest BCUT2D eigenvalue weighted by Gasteiger charge is -2.15. The summed E-state index contributed by atoms with van der Waals surface area (Å²) in [6.07, 6.45) is 6.12. The Balaban J connectivity index is 2.03. The first-order valence-corrected chi connectivity index (χ1v) is 5.66. The molecular weight excluding hydrogens is 196 g/mol. The third-order valence-electron chi connectivity index (χ3n) is 3.49. The van der Waals surface area contributed by atoms with Gasteiger partial charge in [0.25, 0.3) is 0 Å². The molecule has 0 amide bonds. The van der Waals surface area contributed by atoms with E-state index in [2.05, 4.69) is 47.5 Å². The minimum atomic E-state index is 0.226. The molecule has 0 atom stereocenters. The fourth-order valence-electron chi connectivity index (χ4n) is 2.32. The summed E-state index contributed by atoms with van der Waals surface area (Å²) in [6, 6.07) is 10.9. The first-order chi connectivity index (χ1) is 7.81. The normalized spacial score (nSPS) is 17.1. The lowest BCUT2D eigenvalue weighted by molar-refractivity contribution is 0.823. The maximum Gasteiger partial charge on any atom is 0.0537 e. The molecule has 0 spiro atoms. The predicted molar refractivity (Wildman–Crippen MR) is 63.2 cm³/mol. The van der Waals surface area contributed by atoms with Crippen LogP contribution in [0.5, 0.6) is 0 Å². The molecule has 16 heavy (non-hydrogen) atoms. The molecule has 2 heteroatoms. The summed E-state index contributed by atoms with van der Waals surface area (Å²) in [5.74, 6) is 0. The standard InChI is InChI=1S/C14H14N2/c1-11-2-4-12(5-3-11)14(7-8-14)13-6-9-15-16-10-13/h2-6,9-10H,7-8H2,1H3. The highest BCUT2D eigenvalue weighted by atomic mass is 15.1. The summed E-state index contributed by atoms with van der Waals surface area (Å²) in [7, 11) is 0. The highest BCUT2D eigenvalue weighted by Gasteiger charge is 2.45. The fraction of sp³-hybridized carbons (Fsp3) is 0.286. The van der Waals surface area contributed by atoms with E-state index in [9.17, 15) is 0 Å². The second-order valence-electron chi connectivity index (χ2n) is 4.58. The number of benzene rings is 1. The van der Waals surface area contributed by atoms with Gasteiger partial charge in [-0.2, -0.15) is 10.2 Å². The maximum atomic E-state index is 3.98. The second-order valence-corrected chi connectivity index (χ2v) is 4.58. The third kappa shape index (κ3) is 1.42. The minimum absolute atomic E-state index is 0.226. The largest absolute Gasteiger partial charge is 0.159 e. The molecular formula is C14H14N2. The van der Waals surface area contributed by atoms with Gasteiger partial charge >= 0.3 is 0 Å². The molecule has 2 nitrogen and oxygen atoms in total. The van der Waals surface area contributed by atoms with Gasteiger partial charge in [0.2, 0.25) is 0 Å². The van der Waals surface area contributed by atoms with Crippen molar-refractivity contribution in [1.29, 1.82) is 0 Å². The van der Waals surface area contributed by atoms with E-state index in [1.165, 1.54) is 29.5 Å². The molecule has 0 N–H and O–H groups in total. The van der Waals surface area contributed by atoms with Crippen LogP contribution in [-0.4, -0.2) is 10.2 Å². The quantitative estimate of drug-likeness (QED) is 0.761. The van der Waals surface area contributed by atoms with Crippen LogP contribution < -0.4 is 0 Å². The van der Waals surface area contributed by atoms with E-state index < -0.39 is 0 Å². The SMILES string of the molecule is Cc1ccc(C2(c3ccnnc3)CC2)cc1. The van der Waals surface area contributed by atoms with E-state index in [-0.39, 0.29) is 5.41 Å². The Hall–Kier alpha value is -1.70. The second kappa shape index (κ2) is 3.41. The van der Waals surface area contributed by atoms with E-state index in [1.807, 2.05) is 6.20 Å². The van der Waals surface area contributed by atoms with Crippen LogP contribution in [0.1, 0.15) is 29.5 Å². The molecule has 0 bridgehead atoms. The van der Waals surface area contributed by atoms with Gasteiger partial charge in [0.1, 0.15) is 0 Å². The highest BCUT2D eigenvalue weighted by molar-refractivity contribution is 5.44. The summed E-state index contributed by atoms with van der Waals surface area (Å²) in [4.78, 5) is 0. The summed E-state index contributed by atoms with van der Waals surface area (Å²) < 4.78 is 0. The topological polar surface area (TPSA) is 25.8 Å². The molecule has 80 valence electrons. The van der Waals surface area contributed by atoms with Gasteiger partial charge in [-0.25, -0.2) is 0 Å². The molecule has 0 unspecified atom stereocenters. The molecule has 3 rings (SSSR count). The molecule has 1 fully saturated rings. The van der Waals surface area contributed by atoms with Crippen LogP contribution in [0, 0.1) is 6.92 Å². The van der Waals surface area contributed by atoms with Crippen molar-refractivity contribution in [3.63, 3.8) is 0 Å². The van der Waals surface area contributed by atoms with Crippen molar-refractivity contribution in [2.24, 2.45) is 0 Å². The summed E-state index contributed by atoms with van der Waals surface area (Å²) in [5.41, 5.74) is 4.24. The van der Waals surface area contributed by atoms with Crippen LogP contribution in [0.2, 0.25) is 0 Å². The van der Waals surface area contributed by atoms with Gasteiger partial charge in [0.05, 0.1) is 6.20 Å². The van der Waals surface area contributed by atoms with E-state index in [4.69, 9.17) is 0 Å². The van der Waals surface area contributed by atoms with E-state index in [1.54, 1.807) is 6.20 Å². The van der Waals surface area contributed by atoms with Crippen LogP contribution in [0.15, 0.2) is 42.7 Å². The number of aromatic nitrogens is 2. The average Bonchev–Trinajstić information content (AvgIpc) is 3.13. The summed E-state index contributed by atoms with van der Waals surface area (Å²) in [6.45, 7) is 2.12. The van der Waals surface area contributed by atoms with Crippen LogP contribution in [0.4, 0.5) is 0 Å². The van der Waals surface area contributed by atoms with Crippen LogP contribution >= 0.6 is 0 Å². The summed E-state index contributed by atoms with van der Waals surface area (Å²) >= 11 is 0. The molecule has 1 aliphatic rings. The van der Waals surface area contributed by atoms with Crippen molar-refractivity contribution >= 4 is 0 Å². The Morgan fingerprint density at radius 3 is 2.25 bits per heavy atom. The first-order valence-electron chi connectivity index (χ1n) is 5.66. The zero-order chi connectivity index (χ0) is 11.0. The Morgan fingerprint density at radius 2 is 1.69 bits per heavy atom. The lowest BCUT2D eigenvalue weighted by atomic mass is 9.89. The summed E-state index contributed by atoms with van der Waals surface area (Å²) in [5, 5.41) is 7.83. The van der Waals surface area contributed by atoms with Crippen molar-refractivity contribution in [3.05, 3.63) is 59.4 Å². The van der Waals surface area contributed by atoms with Crippen molar-refractivity contribution in [2.75, 3.05) is 0 Å². The molecule has 1 saturated carbocycles. The Morgan fingerprint density at radius 1 is 0.938 bits per heavy atom. The monoisotopic (exact) mass is 210 g/mol. The average molecular weight is 210 g/mol. The predicted octanol–water partition coefficient (Wildman–Crippen LogP) is 2.86. The molecule has 0 aliphatic heterocycles. The number of nitrogens with zero attached hydrogens (tertiary/aromatic N) is 2. The molecule has 1 aliphatic carbocycles. The van der Waals surface area contributed by atoms with Crippen LogP contribution in [0.25, 0.3) is 0 Å². The molecule has 1 heterocycles. The maximum absolute atomic E-state index is 3.98. The molecule has 0 radical (unpaired) electrons. The van der Waals surface area contributed by atoms with Gasteiger partial charge in [-0.1, -0.05) is 29.8 Å². The van der Waals surface area contributed by atoms with Gasteiger partial charge in [-0.3, -0.25) is 0 Å². The molecule has 0 saturated heterocycles. The number of hydrogen-bond acceptors (Lipinski definition) is 2. The smallest absolute Gasteiger partial charge is 0.0537 e. The molecule has 2 aromatic rings. The van der Waals surface area contributed by atoms with Gasteiger partial charge in [0, 0.05) is 11.6 Å². The van der Waals surface area contributed by atoms with Crippen molar-refractivity contribution in [2.45, 2.75) is 25.2 Å². The zero-order valence-corrected chi connectivity index (χ0v) is 9.35. The molecule has 1 aromatic heterocycles. The number of aryl methyl sites for hydroxylation is 1. The fourth-order valence-corrected chi connectivity index (χ4v) is 2.32. The number of rotatable bonds is 2. The Labute approximate surface area is 95.4 Å². The minimum Gasteiger partial charge on any atom is -0.159 e. The van der Waals surface area contributed by atoms with E-state index >= 15 is 0 Å². The first kappa shape index (κ1) is 9.52. The number of hydrogen-bond donors (Lipinski definition) is 0. The lowest BCUT2D eigenvalue weighted by Crippen LogP contribution is -2.09. The van der Waals surface area contributed by atoms with E-state index in [0.29, 0.717) is 0 Å². The van der Waals surface area contributed by atoms with Crippen LogP contribution in [-0.2, 0) is 5.41 Å². The van der Waals surface area contributed by atoms with Gasteiger partial charge in [-0.05, 0) is 37.0 Å². The highest BCUT2D eigenvalue weighted by Crippen LogP contribution is 2.53. The zero-order valence-electron chi connectivity index (χ0n) is 9.35. The van der Waals surface area contributed by atoms with Gasteiger partial charge in [-0.15, -0.1) is 0 Å². The van der Waals surface area contributed by atoms with Crippen molar-refractivity contribution in [1.82, 2.24) is 10.2 Å². The van der Waals surface area contributed by atoms with Crippen molar-refractivity contribution in [3.8, 4) is 0 Å². The van der Waals surface area contributed by atoms with E-state index in [0.717, 1.165) is 0 Å². The molecule has 1 aromatic carbocycles. The Kier molecular flexibility index (Phi) is 2.03. The van der Waals surface area contributed by atoms with Gasteiger partial charge in [0.15, 0.2) is 0 Å². The van der Waals surface area contributed by atoms with Gasteiger partial charge < -0.3 is 0 Å². The van der Waals surface area contributed by atoms with Crippen LogP contribution in [0.3, 0.4) is 0 Å².